The molecule has 0 spiro atoms. The van der Waals surface area contributed by atoms with Gasteiger partial charge in [0.1, 0.15) is 12.4 Å². The van der Waals surface area contributed by atoms with Gasteiger partial charge < -0.3 is 9.84 Å². The Balaban J connectivity index is 1.31. The predicted octanol–water partition coefficient (Wildman–Crippen LogP) is 2.04. The first-order valence-corrected chi connectivity index (χ1v) is 10.1. The number of carbonyl (C=O) groups is 1. The predicted molar refractivity (Wildman–Crippen MR) is 108 cm³/mol. The van der Waals surface area contributed by atoms with Crippen molar-refractivity contribution in [1.29, 1.82) is 0 Å². The molecule has 30 heavy (non-hydrogen) atoms. The van der Waals surface area contributed by atoms with E-state index in [1.807, 2.05) is 36.9 Å². The van der Waals surface area contributed by atoms with Crippen LogP contribution in [0.2, 0.25) is 0 Å². The zero-order chi connectivity index (χ0) is 20.8. The van der Waals surface area contributed by atoms with Crippen molar-refractivity contribution in [3.05, 3.63) is 70.1 Å². The first kappa shape index (κ1) is 18.9. The van der Waals surface area contributed by atoms with E-state index in [9.17, 15) is 9.90 Å². The van der Waals surface area contributed by atoms with Crippen LogP contribution in [-0.4, -0.2) is 48.6 Å². The van der Waals surface area contributed by atoms with Gasteiger partial charge in [0.25, 0.3) is 0 Å². The fourth-order valence-corrected chi connectivity index (χ4v) is 4.30. The lowest BCUT2D eigenvalue weighted by molar-refractivity contribution is 0.0535. The van der Waals surface area contributed by atoms with Gasteiger partial charge in [0, 0.05) is 55.8 Å². The Bertz CT molecular complexity index is 1140. The number of ether oxygens (including phenoxy) is 1. The molecule has 8 nitrogen and oxygen atoms in total. The number of cyclic esters (lactones) is 1. The van der Waals surface area contributed by atoms with Gasteiger partial charge in [-0.2, -0.15) is 0 Å². The van der Waals surface area contributed by atoms with E-state index in [1.54, 1.807) is 12.3 Å². The number of nitrogens with zero attached hydrogens (tertiary/aromatic N) is 5. The molecule has 2 aromatic heterocycles. The van der Waals surface area contributed by atoms with Crippen LogP contribution in [0.3, 0.4) is 0 Å². The number of hydrogen-bond donors (Lipinski definition) is 1. The molecule has 4 heterocycles. The van der Waals surface area contributed by atoms with Gasteiger partial charge in [0.15, 0.2) is 0 Å². The van der Waals surface area contributed by atoms with Gasteiger partial charge in [0.05, 0.1) is 17.4 Å². The molecule has 3 aromatic rings. The molecule has 0 amide bonds. The van der Waals surface area contributed by atoms with Crippen LogP contribution in [0, 0.1) is 13.8 Å². The van der Waals surface area contributed by atoms with Crippen molar-refractivity contribution in [2.75, 3.05) is 13.1 Å². The third kappa shape index (κ3) is 3.18. The minimum atomic E-state index is -0.638. The van der Waals surface area contributed by atoms with Crippen LogP contribution in [0.15, 0.2) is 30.7 Å². The Morgan fingerprint density at radius 1 is 1.27 bits per heavy atom. The number of esters is 1. The summed E-state index contributed by atoms with van der Waals surface area (Å²) in [6, 6.07) is 3.60. The van der Waals surface area contributed by atoms with Crippen molar-refractivity contribution in [1.82, 2.24) is 24.4 Å². The molecular formula is C22H23N5O3. The lowest BCUT2D eigenvalue weighted by Gasteiger charge is -2.30. The Labute approximate surface area is 174 Å². The average molecular weight is 405 g/mol. The van der Waals surface area contributed by atoms with E-state index in [1.165, 1.54) is 0 Å². The number of benzene rings is 1. The number of rotatable bonds is 4. The maximum absolute atomic E-state index is 11.7. The fraction of sp³-hybridized carbons (Fsp3) is 0.364. The molecule has 0 fully saturated rings. The molecule has 0 bridgehead atoms. The highest BCUT2D eigenvalue weighted by atomic mass is 16.5. The van der Waals surface area contributed by atoms with E-state index in [0.29, 0.717) is 24.6 Å². The van der Waals surface area contributed by atoms with Crippen molar-refractivity contribution in [2.24, 2.45) is 0 Å². The molecular weight excluding hydrogens is 382 g/mol. The van der Waals surface area contributed by atoms with Gasteiger partial charge in [-0.15, -0.1) is 0 Å². The molecule has 2 aliphatic heterocycles. The smallest absolute Gasteiger partial charge is 0.338 e. The molecule has 8 heteroatoms. The third-order valence-electron chi connectivity index (χ3n) is 6.04. The number of β-amino-alcohol motifs (C(OH)–C–C–N with tert-alkyl or cyclic N) is 1. The summed E-state index contributed by atoms with van der Waals surface area (Å²) in [5.74, 6) is 1.21. The second-order valence-corrected chi connectivity index (χ2v) is 7.87. The van der Waals surface area contributed by atoms with Crippen LogP contribution in [0.25, 0.3) is 5.95 Å². The monoisotopic (exact) mass is 405 g/mol. The third-order valence-corrected chi connectivity index (χ3v) is 6.04. The van der Waals surface area contributed by atoms with Gasteiger partial charge >= 0.3 is 5.97 Å². The highest BCUT2D eigenvalue weighted by Crippen LogP contribution is 2.30. The number of carbonyl (C=O) groups excluding carboxylic acids is 1. The molecule has 0 aliphatic carbocycles. The van der Waals surface area contributed by atoms with Gasteiger partial charge in [-0.1, -0.05) is 6.07 Å². The fourth-order valence-electron chi connectivity index (χ4n) is 4.30. The number of aliphatic hydroxyl groups is 1. The summed E-state index contributed by atoms with van der Waals surface area (Å²) in [5, 5.41) is 10.9. The second-order valence-electron chi connectivity index (χ2n) is 7.87. The Morgan fingerprint density at radius 2 is 2.13 bits per heavy atom. The summed E-state index contributed by atoms with van der Waals surface area (Å²) in [6.45, 7) is 6.17. The number of hydrogen-bond acceptors (Lipinski definition) is 7. The summed E-state index contributed by atoms with van der Waals surface area (Å²) in [6.07, 6.45) is 5.64. The van der Waals surface area contributed by atoms with Crippen molar-refractivity contribution in [3.63, 3.8) is 0 Å². The molecule has 1 unspecified atom stereocenters. The van der Waals surface area contributed by atoms with Crippen LogP contribution < -0.4 is 0 Å². The quantitative estimate of drug-likeness (QED) is 0.664. The highest BCUT2D eigenvalue weighted by molar-refractivity contribution is 5.93. The van der Waals surface area contributed by atoms with Gasteiger partial charge in [-0.25, -0.2) is 19.7 Å². The Hall–Kier alpha value is -3.10. The Kier molecular flexibility index (Phi) is 4.60. The number of aryl methyl sites for hydroxylation is 1. The molecule has 1 N–H and O–H groups in total. The van der Waals surface area contributed by atoms with Crippen LogP contribution in [0.5, 0.6) is 0 Å². The number of fused-ring (bicyclic) bond motifs is 2. The Morgan fingerprint density at radius 3 is 2.93 bits per heavy atom. The minimum absolute atomic E-state index is 0.285. The van der Waals surface area contributed by atoms with E-state index in [-0.39, 0.29) is 12.6 Å². The van der Waals surface area contributed by atoms with Crippen LogP contribution in [0.4, 0.5) is 0 Å². The van der Waals surface area contributed by atoms with Gasteiger partial charge in [-0.3, -0.25) is 9.47 Å². The average Bonchev–Trinajstić information content (AvgIpc) is 3.34. The van der Waals surface area contributed by atoms with E-state index in [4.69, 9.17) is 9.72 Å². The van der Waals surface area contributed by atoms with Crippen LogP contribution >= 0.6 is 0 Å². The first-order chi connectivity index (χ1) is 14.5. The second kappa shape index (κ2) is 7.30. The van der Waals surface area contributed by atoms with Gasteiger partial charge in [-0.05, 0) is 31.0 Å². The number of aliphatic hydroxyl groups excluding tert-OH is 1. The van der Waals surface area contributed by atoms with E-state index in [0.717, 1.165) is 46.7 Å². The molecule has 0 radical (unpaired) electrons. The maximum Gasteiger partial charge on any atom is 0.338 e. The van der Waals surface area contributed by atoms with E-state index < -0.39 is 6.10 Å². The van der Waals surface area contributed by atoms with Gasteiger partial charge in [0.2, 0.25) is 5.95 Å². The van der Waals surface area contributed by atoms with E-state index in [2.05, 4.69) is 14.9 Å². The summed E-state index contributed by atoms with van der Waals surface area (Å²) in [7, 11) is 0. The van der Waals surface area contributed by atoms with Crippen molar-refractivity contribution < 1.29 is 14.6 Å². The molecule has 5 rings (SSSR count). The standard InChI is InChI=1S/C22H23N5O3/c1-13-16(3-4-17-18(13)12-30-21(17)29)20(28)11-26-7-5-19-15(10-26)9-24-22(25-19)27-8-6-23-14(27)2/h3-4,6,8-9,20,28H,5,7,10-12H2,1-2H3. The number of aromatic nitrogens is 4. The van der Waals surface area contributed by atoms with Crippen molar-refractivity contribution >= 4 is 5.97 Å². The minimum Gasteiger partial charge on any atom is -0.457 e. The largest absolute Gasteiger partial charge is 0.457 e. The van der Waals surface area contributed by atoms with Crippen molar-refractivity contribution in [2.45, 2.75) is 39.5 Å². The summed E-state index contributed by atoms with van der Waals surface area (Å²) in [5.41, 5.74) is 5.41. The normalized spacial score (nSPS) is 16.8. The van der Waals surface area contributed by atoms with Crippen molar-refractivity contribution in [3.8, 4) is 5.95 Å². The van der Waals surface area contributed by atoms with Crippen LogP contribution in [-0.2, 0) is 24.3 Å². The first-order valence-electron chi connectivity index (χ1n) is 10.1. The van der Waals surface area contributed by atoms with Crippen LogP contribution in [0.1, 0.15) is 50.2 Å². The topological polar surface area (TPSA) is 93.4 Å². The lowest BCUT2D eigenvalue weighted by Crippen LogP contribution is -2.35. The molecule has 1 aromatic carbocycles. The molecule has 1 atom stereocenters. The summed E-state index contributed by atoms with van der Waals surface area (Å²) < 4.78 is 7.00. The zero-order valence-corrected chi connectivity index (χ0v) is 17.0. The van der Waals surface area contributed by atoms with E-state index >= 15 is 0 Å². The zero-order valence-electron chi connectivity index (χ0n) is 17.0. The number of imidazole rings is 1. The SMILES string of the molecule is Cc1c(C(O)CN2CCc3nc(-n4ccnc4C)ncc3C2)ccc2c1COC2=O. The lowest BCUT2D eigenvalue weighted by atomic mass is 9.95. The summed E-state index contributed by atoms with van der Waals surface area (Å²) >= 11 is 0. The maximum atomic E-state index is 11.7. The molecule has 0 saturated carbocycles. The highest BCUT2D eigenvalue weighted by Gasteiger charge is 2.27. The molecule has 0 saturated heterocycles. The molecule has 2 aliphatic rings. The summed E-state index contributed by atoms with van der Waals surface area (Å²) in [4.78, 5) is 27.4. The molecule has 154 valence electrons.